The van der Waals surface area contributed by atoms with E-state index in [4.69, 9.17) is 0 Å². The van der Waals surface area contributed by atoms with Gasteiger partial charge in [0.2, 0.25) is 0 Å². The van der Waals surface area contributed by atoms with E-state index >= 15 is 0 Å². The second-order valence-corrected chi connectivity index (χ2v) is 4.80. The third-order valence-corrected chi connectivity index (χ3v) is 2.61. The summed E-state index contributed by atoms with van der Waals surface area (Å²) in [6, 6.07) is 8.19. The first kappa shape index (κ1) is 12.9. The number of Topliss-reactive ketones (excluding diaryl/α,β-unsaturated/α-hetero) is 1. The van der Waals surface area contributed by atoms with Crippen LogP contribution in [0, 0.1) is 5.92 Å². The second-order valence-electron chi connectivity index (χ2n) is 4.80. The minimum Gasteiger partial charge on any atom is -0.305 e. The van der Waals surface area contributed by atoms with Gasteiger partial charge in [-0.15, -0.1) is 0 Å². The van der Waals surface area contributed by atoms with Crippen LogP contribution in [0.1, 0.15) is 25.0 Å². The lowest BCUT2D eigenvalue weighted by Gasteiger charge is -2.14. The minimum absolute atomic E-state index is 0.118. The molecule has 0 spiro atoms. The molecule has 0 radical (unpaired) electrons. The van der Waals surface area contributed by atoms with E-state index in [-0.39, 0.29) is 5.92 Å². The minimum atomic E-state index is 0.118. The summed E-state index contributed by atoms with van der Waals surface area (Å²) >= 11 is 0. The van der Waals surface area contributed by atoms with Crippen LogP contribution in [-0.4, -0.2) is 24.8 Å². The summed E-state index contributed by atoms with van der Waals surface area (Å²) in [4.78, 5) is 13.9. The van der Waals surface area contributed by atoms with Crippen LogP contribution in [0.3, 0.4) is 0 Å². The molecule has 2 nitrogen and oxygen atoms in total. The van der Waals surface area contributed by atoms with Gasteiger partial charge in [0.1, 0.15) is 5.78 Å². The average Bonchev–Trinajstić information content (AvgIpc) is 2.20. The largest absolute Gasteiger partial charge is 0.305 e. The molecule has 0 amide bonds. The van der Waals surface area contributed by atoms with E-state index in [0.29, 0.717) is 12.2 Å². The summed E-state index contributed by atoms with van der Waals surface area (Å²) < 4.78 is 0. The normalized spacial score (nSPS) is 11.1. The smallest absolute Gasteiger partial charge is 0.139 e. The van der Waals surface area contributed by atoms with Gasteiger partial charge in [-0.25, -0.2) is 0 Å². The lowest BCUT2D eigenvalue weighted by Crippen LogP contribution is -2.15. The predicted molar refractivity (Wildman–Crippen MR) is 67.4 cm³/mol. The van der Waals surface area contributed by atoms with Crippen LogP contribution in [0.15, 0.2) is 24.3 Å². The molecule has 0 aliphatic carbocycles. The van der Waals surface area contributed by atoms with Crippen LogP contribution in [0.25, 0.3) is 0 Å². The first-order chi connectivity index (χ1) is 7.50. The monoisotopic (exact) mass is 219 g/mol. The molecule has 1 aromatic rings. The molecule has 0 saturated carbocycles. The molecule has 88 valence electrons. The molecule has 2 heteroatoms. The zero-order valence-corrected chi connectivity index (χ0v) is 10.7. The molecule has 0 atom stereocenters. The van der Waals surface area contributed by atoms with E-state index in [0.717, 1.165) is 12.1 Å². The van der Waals surface area contributed by atoms with E-state index in [2.05, 4.69) is 17.0 Å². The van der Waals surface area contributed by atoms with Crippen molar-refractivity contribution >= 4 is 5.78 Å². The number of hydrogen-bond acceptors (Lipinski definition) is 2. The van der Waals surface area contributed by atoms with E-state index in [1.54, 1.807) is 0 Å². The maximum Gasteiger partial charge on any atom is 0.139 e. The van der Waals surface area contributed by atoms with Gasteiger partial charge in [0.05, 0.1) is 0 Å². The van der Waals surface area contributed by atoms with Gasteiger partial charge < -0.3 is 4.90 Å². The number of carbonyl (C=O) groups is 1. The van der Waals surface area contributed by atoms with Crippen LogP contribution in [-0.2, 0) is 17.8 Å². The van der Waals surface area contributed by atoms with Crippen molar-refractivity contribution in [2.24, 2.45) is 5.92 Å². The summed E-state index contributed by atoms with van der Waals surface area (Å²) in [6.45, 7) is 4.80. The van der Waals surface area contributed by atoms with E-state index < -0.39 is 0 Å². The Morgan fingerprint density at radius 3 is 2.25 bits per heavy atom. The quantitative estimate of drug-likeness (QED) is 0.758. The van der Waals surface area contributed by atoms with Crippen molar-refractivity contribution in [2.45, 2.75) is 26.8 Å². The number of rotatable bonds is 5. The maximum absolute atomic E-state index is 11.7. The van der Waals surface area contributed by atoms with Crippen LogP contribution in [0.2, 0.25) is 0 Å². The van der Waals surface area contributed by atoms with Gasteiger partial charge in [-0.2, -0.15) is 0 Å². The molecule has 0 aromatic heterocycles. The number of ketones is 1. The van der Waals surface area contributed by atoms with Crippen molar-refractivity contribution < 1.29 is 4.79 Å². The Balaban J connectivity index is 2.82. The molecular weight excluding hydrogens is 198 g/mol. The molecular formula is C14H21NO. The Bertz CT molecular complexity index is 356. The van der Waals surface area contributed by atoms with Crippen LogP contribution in [0.5, 0.6) is 0 Å². The summed E-state index contributed by atoms with van der Waals surface area (Å²) in [7, 11) is 4.09. The highest BCUT2D eigenvalue weighted by Crippen LogP contribution is 2.13. The molecule has 0 saturated heterocycles. The highest BCUT2D eigenvalue weighted by Gasteiger charge is 2.11. The highest BCUT2D eigenvalue weighted by molar-refractivity contribution is 5.82. The SMILES string of the molecule is CC(C)C(=O)Cc1ccccc1CN(C)C. The van der Waals surface area contributed by atoms with Crippen molar-refractivity contribution in [3.63, 3.8) is 0 Å². The molecule has 0 unspecified atom stereocenters. The lowest BCUT2D eigenvalue weighted by atomic mass is 9.97. The van der Waals surface area contributed by atoms with Gasteiger partial charge in [-0.3, -0.25) is 4.79 Å². The average molecular weight is 219 g/mol. The van der Waals surface area contributed by atoms with Crippen molar-refractivity contribution in [1.29, 1.82) is 0 Å². The van der Waals surface area contributed by atoms with Gasteiger partial charge in [0.15, 0.2) is 0 Å². The fourth-order valence-corrected chi connectivity index (χ4v) is 1.62. The van der Waals surface area contributed by atoms with Crippen LogP contribution >= 0.6 is 0 Å². The molecule has 0 bridgehead atoms. The summed E-state index contributed by atoms with van der Waals surface area (Å²) in [6.07, 6.45) is 0.557. The van der Waals surface area contributed by atoms with Crippen molar-refractivity contribution in [3.8, 4) is 0 Å². The second kappa shape index (κ2) is 5.80. The Morgan fingerprint density at radius 2 is 1.75 bits per heavy atom. The maximum atomic E-state index is 11.7. The van der Waals surface area contributed by atoms with E-state index in [9.17, 15) is 4.79 Å². The van der Waals surface area contributed by atoms with Crippen molar-refractivity contribution in [1.82, 2.24) is 4.90 Å². The van der Waals surface area contributed by atoms with Crippen molar-refractivity contribution in [2.75, 3.05) is 14.1 Å². The van der Waals surface area contributed by atoms with Crippen molar-refractivity contribution in [3.05, 3.63) is 35.4 Å². The summed E-state index contributed by atoms with van der Waals surface area (Å²) in [5.41, 5.74) is 2.41. The number of hydrogen-bond donors (Lipinski definition) is 0. The molecule has 0 N–H and O–H groups in total. The van der Waals surface area contributed by atoms with Crippen LogP contribution < -0.4 is 0 Å². The highest BCUT2D eigenvalue weighted by atomic mass is 16.1. The molecule has 0 fully saturated rings. The molecule has 0 heterocycles. The van der Waals surface area contributed by atoms with E-state index in [1.807, 2.05) is 40.1 Å². The molecule has 1 aromatic carbocycles. The lowest BCUT2D eigenvalue weighted by molar-refractivity contribution is -0.121. The standard InChI is InChI=1S/C14H21NO/c1-11(2)14(16)9-12-7-5-6-8-13(12)10-15(3)4/h5-8,11H,9-10H2,1-4H3. The third kappa shape index (κ3) is 3.78. The van der Waals surface area contributed by atoms with Gasteiger partial charge in [-0.05, 0) is 25.2 Å². The zero-order chi connectivity index (χ0) is 12.1. The predicted octanol–water partition coefficient (Wildman–Crippen LogP) is 2.52. The Labute approximate surface area is 98.3 Å². The molecule has 0 aliphatic heterocycles. The number of nitrogens with zero attached hydrogens (tertiary/aromatic N) is 1. The number of carbonyl (C=O) groups excluding carboxylic acids is 1. The molecule has 16 heavy (non-hydrogen) atoms. The fourth-order valence-electron chi connectivity index (χ4n) is 1.62. The Morgan fingerprint density at radius 1 is 1.19 bits per heavy atom. The zero-order valence-electron chi connectivity index (χ0n) is 10.7. The summed E-state index contributed by atoms with van der Waals surface area (Å²) in [5, 5.41) is 0. The van der Waals surface area contributed by atoms with Crippen LogP contribution in [0.4, 0.5) is 0 Å². The Hall–Kier alpha value is -1.15. The first-order valence-corrected chi connectivity index (χ1v) is 5.75. The molecule has 0 aliphatic rings. The van der Waals surface area contributed by atoms with E-state index in [1.165, 1.54) is 5.56 Å². The van der Waals surface area contributed by atoms with Gasteiger partial charge in [-0.1, -0.05) is 38.1 Å². The number of benzene rings is 1. The topological polar surface area (TPSA) is 20.3 Å². The third-order valence-electron chi connectivity index (χ3n) is 2.61. The summed E-state index contributed by atoms with van der Waals surface area (Å²) in [5.74, 6) is 0.429. The first-order valence-electron chi connectivity index (χ1n) is 5.75. The Kier molecular flexibility index (Phi) is 4.69. The molecule has 1 rings (SSSR count). The van der Waals surface area contributed by atoms with Gasteiger partial charge in [0, 0.05) is 18.9 Å². The fraction of sp³-hybridized carbons (Fsp3) is 0.500. The van der Waals surface area contributed by atoms with Gasteiger partial charge in [0.25, 0.3) is 0 Å². The van der Waals surface area contributed by atoms with Gasteiger partial charge >= 0.3 is 0 Å².